The van der Waals surface area contributed by atoms with Gasteiger partial charge in [0.1, 0.15) is 12.4 Å². The van der Waals surface area contributed by atoms with Gasteiger partial charge >= 0.3 is 23.9 Å². The van der Waals surface area contributed by atoms with Crippen LogP contribution in [0.5, 0.6) is 5.75 Å². The maximum absolute atomic E-state index is 12.6. The summed E-state index contributed by atoms with van der Waals surface area (Å²) in [5.74, 6) is 3.26. The van der Waals surface area contributed by atoms with E-state index >= 15 is 0 Å². The summed E-state index contributed by atoms with van der Waals surface area (Å²) in [6.07, 6.45) is 49.3. The summed E-state index contributed by atoms with van der Waals surface area (Å²) in [4.78, 5) is 55.1. The summed E-state index contributed by atoms with van der Waals surface area (Å²) in [7, 11) is 3.98. The Kier molecular flexibility index (Phi) is 42.9. The number of hydrogen-bond donors (Lipinski definition) is 0. The molecule has 2 aliphatic heterocycles. The van der Waals surface area contributed by atoms with E-state index in [0.717, 1.165) is 145 Å². The molecule has 2 heterocycles. The third-order valence-electron chi connectivity index (χ3n) is 16.6. The first-order chi connectivity index (χ1) is 40.8. The SMILES string of the molecule is CCCCCCCC/C=C\CCCCCCCC(=O)OCc1ccc(CC(=O)OCCC2CCN(CCSSCCN3CCC(CCOC(=O)Cc4ccc(OC(=O)CCCCCCC/C=C\CCCCCCCC)cc4)CC3)CC2)cc1. The van der Waals surface area contributed by atoms with E-state index < -0.39 is 0 Å². The van der Waals surface area contributed by atoms with Crippen molar-refractivity contribution in [3.05, 3.63) is 89.5 Å². The van der Waals surface area contributed by atoms with Gasteiger partial charge in [-0.05, 0) is 170 Å². The van der Waals surface area contributed by atoms with Crippen LogP contribution >= 0.6 is 21.6 Å². The fourth-order valence-corrected chi connectivity index (χ4v) is 13.1. The Hall–Kier alpha value is -3.58. The summed E-state index contributed by atoms with van der Waals surface area (Å²) in [6.45, 7) is 12.4. The highest BCUT2D eigenvalue weighted by Crippen LogP contribution is 2.26. The Balaban J connectivity index is 0.881. The van der Waals surface area contributed by atoms with Crippen molar-refractivity contribution in [3.8, 4) is 5.75 Å². The fourth-order valence-electron chi connectivity index (χ4n) is 11.1. The molecule has 2 aromatic carbocycles. The van der Waals surface area contributed by atoms with E-state index in [4.69, 9.17) is 18.9 Å². The number of carbonyl (C=O) groups excluding carboxylic acids is 4. The maximum atomic E-state index is 12.6. The van der Waals surface area contributed by atoms with E-state index in [1.165, 1.54) is 128 Å². The topological polar surface area (TPSA) is 112 Å². The molecule has 0 aromatic heterocycles. The van der Waals surface area contributed by atoms with Gasteiger partial charge < -0.3 is 28.7 Å². The molecule has 0 unspecified atom stereocenters. The van der Waals surface area contributed by atoms with Gasteiger partial charge in [-0.25, -0.2) is 0 Å². The van der Waals surface area contributed by atoms with Crippen LogP contribution in [0.2, 0.25) is 0 Å². The first-order valence-electron chi connectivity index (χ1n) is 33.6. The Bertz CT molecular complexity index is 2000. The summed E-state index contributed by atoms with van der Waals surface area (Å²) in [6, 6.07) is 15.0. The molecule has 2 aromatic rings. The molecule has 4 rings (SSSR count). The van der Waals surface area contributed by atoms with Crippen molar-refractivity contribution in [2.24, 2.45) is 11.8 Å². The van der Waals surface area contributed by atoms with Gasteiger partial charge in [0.25, 0.3) is 0 Å². The lowest BCUT2D eigenvalue weighted by molar-refractivity contribution is -0.145. The molecule has 0 atom stereocenters. The smallest absolute Gasteiger partial charge is 0.311 e. The maximum Gasteiger partial charge on any atom is 0.311 e. The van der Waals surface area contributed by atoms with Crippen molar-refractivity contribution in [1.82, 2.24) is 9.80 Å². The number of hydrogen-bond acceptors (Lipinski definition) is 12. The van der Waals surface area contributed by atoms with Gasteiger partial charge in [-0.2, -0.15) is 0 Å². The summed E-state index contributed by atoms with van der Waals surface area (Å²) in [5.41, 5.74) is 2.70. The minimum atomic E-state index is -0.210. The Morgan fingerprint density at radius 3 is 1.22 bits per heavy atom. The summed E-state index contributed by atoms with van der Waals surface area (Å²) >= 11 is 0. The van der Waals surface area contributed by atoms with Crippen LogP contribution in [0.1, 0.15) is 249 Å². The number of unbranched alkanes of at least 4 members (excludes halogenated alkanes) is 22. The van der Waals surface area contributed by atoms with Crippen LogP contribution in [-0.2, 0) is 52.8 Å². The highest BCUT2D eigenvalue weighted by Gasteiger charge is 2.21. The second-order valence-corrected chi connectivity index (χ2v) is 26.6. The number of nitrogens with zero attached hydrogens (tertiary/aromatic N) is 2. The van der Waals surface area contributed by atoms with Crippen LogP contribution in [0.25, 0.3) is 0 Å². The molecule has 2 aliphatic rings. The molecule has 468 valence electrons. The lowest BCUT2D eigenvalue weighted by Gasteiger charge is -2.32. The number of esters is 4. The summed E-state index contributed by atoms with van der Waals surface area (Å²) < 4.78 is 22.4. The van der Waals surface area contributed by atoms with E-state index in [1.807, 2.05) is 58.0 Å². The first kappa shape index (κ1) is 71.9. The zero-order valence-corrected chi connectivity index (χ0v) is 53.9. The number of carbonyl (C=O) groups is 4. The molecule has 0 aliphatic carbocycles. The van der Waals surface area contributed by atoms with Crippen molar-refractivity contribution in [2.45, 2.75) is 252 Å². The van der Waals surface area contributed by atoms with E-state index in [0.29, 0.717) is 43.6 Å². The zero-order chi connectivity index (χ0) is 58.9. The molecule has 2 fully saturated rings. The largest absolute Gasteiger partial charge is 0.465 e. The Morgan fingerprint density at radius 2 is 0.795 bits per heavy atom. The van der Waals surface area contributed by atoms with Crippen LogP contribution in [0.4, 0.5) is 0 Å². The predicted molar refractivity (Wildman–Crippen MR) is 349 cm³/mol. The zero-order valence-electron chi connectivity index (χ0n) is 52.3. The van der Waals surface area contributed by atoms with Gasteiger partial charge in [-0.15, -0.1) is 0 Å². The van der Waals surface area contributed by atoms with Crippen molar-refractivity contribution in [3.63, 3.8) is 0 Å². The van der Waals surface area contributed by atoms with E-state index in [2.05, 4.69) is 48.0 Å². The number of rotatable bonds is 50. The minimum absolute atomic E-state index is 0.139. The number of ether oxygens (including phenoxy) is 4. The summed E-state index contributed by atoms with van der Waals surface area (Å²) in [5, 5.41) is 0. The quantitative estimate of drug-likeness (QED) is 0.0157. The second kappa shape index (κ2) is 49.5. The lowest BCUT2D eigenvalue weighted by atomic mass is 9.94. The van der Waals surface area contributed by atoms with E-state index in [1.54, 1.807) is 12.1 Å². The molecule has 0 bridgehead atoms. The van der Waals surface area contributed by atoms with Crippen molar-refractivity contribution < 1.29 is 38.1 Å². The number of allylic oxidation sites excluding steroid dienone is 4. The molecule has 0 N–H and O–H groups in total. The van der Waals surface area contributed by atoms with Gasteiger partial charge in [0, 0.05) is 37.4 Å². The normalized spacial score (nSPS) is 14.7. The monoisotopic (exact) mass is 1190 g/mol. The average Bonchev–Trinajstić information content (AvgIpc) is 3.52. The standard InChI is InChI=1S/C71H114N2O8S2/c1-3-5-7-9-11-13-15-17-19-21-23-25-27-29-31-33-68(74)80-61-66-37-35-64(36-38-66)59-70(76)78-55-47-62-43-49-72(50-44-62)53-57-82-83-58-54-73-51-45-63(46-52-73)48-56-79-71(77)60-65-39-41-67(42-40-65)81-69(75)34-32-30-28-26-24-22-20-18-16-14-12-10-8-6-4-2/h17-20,35-42,62-63H,3-16,21-34,43-61H2,1-2H3/b19-17-,20-18-. The van der Waals surface area contributed by atoms with Gasteiger partial charge in [0.15, 0.2) is 0 Å². The van der Waals surface area contributed by atoms with Gasteiger partial charge in [0.05, 0.1) is 26.1 Å². The molecule has 0 amide bonds. The second-order valence-electron chi connectivity index (χ2n) is 23.8. The van der Waals surface area contributed by atoms with Crippen molar-refractivity contribution in [2.75, 3.05) is 64.0 Å². The number of piperidine rings is 2. The lowest BCUT2D eigenvalue weighted by Crippen LogP contribution is -2.36. The van der Waals surface area contributed by atoms with E-state index in [-0.39, 0.29) is 43.3 Å². The third-order valence-corrected chi connectivity index (χ3v) is 19.0. The number of likely N-dealkylation sites (tertiary alicyclic amines) is 2. The molecular formula is C71H114N2O8S2. The van der Waals surface area contributed by atoms with Crippen LogP contribution in [-0.4, -0.2) is 97.7 Å². The van der Waals surface area contributed by atoms with Crippen LogP contribution < -0.4 is 4.74 Å². The van der Waals surface area contributed by atoms with E-state index in [9.17, 15) is 19.2 Å². The average molecular weight is 1190 g/mol. The molecule has 2 saturated heterocycles. The van der Waals surface area contributed by atoms with Gasteiger partial charge in [-0.1, -0.05) is 199 Å². The van der Waals surface area contributed by atoms with Crippen molar-refractivity contribution >= 4 is 45.5 Å². The van der Waals surface area contributed by atoms with Crippen LogP contribution in [0.15, 0.2) is 72.8 Å². The molecule has 10 nitrogen and oxygen atoms in total. The molecule has 0 spiro atoms. The molecule has 0 radical (unpaired) electrons. The third kappa shape index (κ3) is 39.0. The first-order valence-corrected chi connectivity index (χ1v) is 36.1. The van der Waals surface area contributed by atoms with Crippen molar-refractivity contribution in [1.29, 1.82) is 0 Å². The Labute approximate surface area is 513 Å². The predicted octanol–water partition coefficient (Wildman–Crippen LogP) is 18.2. The molecule has 12 heteroatoms. The molecular weight excluding hydrogens is 1070 g/mol. The number of benzene rings is 2. The Morgan fingerprint density at radius 1 is 0.434 bits per heavy atom. The highest BCUT2D eigenvalue weighted by molar-refractivity contribution is 8.76. The minimum Gasteiger partial charge on any atom is -0.465 e. The highest BCUT2D eigenvalue weighted by atomic mass is 33.1. The van der Waals surface area contributed by atoms with Gasteiger partial charge in [0.2, 0.25) is 0 Å². The fraction of sp³-hybridized carbons (Fsp3) is 0.718. The molecule has 83 heavy (non-hydrogen) atoms. The van der Waals surface area contributed by atoms with Crippen LogP contribution in [0, 0.1) is 11.8 Å². The van der Waals surface area contributed by atoms with Gasteiger partial charge in [-0.3, -0.25) is 19.2 Å². The van der Waals surface area contributed by atoms with Crippen LogP contribution in [0.3, 0.4) is 0 Å². The molecule has 0 saturated carbocycles.